The molecule has 1 aromatic rings. The molecular formula is C13H17BrN2O2. The summed E-state index contributed by atoms with van der Waals surface area (Å²) in [5.41, 5.74) is 0.615. The molecule has 1 unspecified atom stereocenters. The van der Waals surface area contributed by atoms with Gasteiger partial charge in [0, 0.05) is 36.6 Å². The van der Waals surface area contributed by atoms with E-state index in [9.17, 15) is 4.79 Å². The zero-order valence-electron chi connectivity index (χ0n) is 10.4. The van der Waals surface area contributed by atoms with Crippen LogP contribution in [0.5, 0.6) is 0 Å². The van der Waals surface area contributed by atoms with E-state index >= 15 is 0 Å². The maximum Gasteiger partial charge on any atom is 0.255 e. The van der Waals surface area contributed by atoms with Gasteiger partial charge in [-0.25, -0.2) is 0 Å². The van der Waals surface area contributed by atoms with Gasteiger partial charge in [-0.15, -0.1) is 0 Å². The monoisotopic (exact) mass is 312 g/mol. The second kappa shape index (κ2) is 6.29. The van der Waals surface area contributed by atoms with Gasteiger partial charge in [0.25, 0.3) is 5.91 Å². The summed E-state index contributed by atoms with van der Waals surface area (Å²) >= 11 is 3.33. The van der Waals surface area contributed by atoms with E-state index in [-0.39, 0.29) is 12.0 Å². The lowest BCUT2D eigenvalue weighted by atomic mass is 10.2. The molecular weight excluding hydrogens is 296 g/mol. The van der Waals surface area contributed by atoms with Crippen molar-refractivity contribution in [3.63, 3.8) is 0 Å². The minimum atomic E-state index is 0.0156. The molecule has 0 saturated carbocycles. The Balaban J connectivity index is 2.04. The van der Waals surface area contributed by atoms with Crippen molar-refractivity contribution in [1.29, 1.82) is 0 Å². The smallest absolute Gasteiger partial charge is 0.255 e. The molecule has 0 bridgehead atoms. The first-order valence-electron chi connectivity index (χ1n) is 6.22. The SMILES string of the molecule is CCN(CC1CCCO1)C(=O)c1cncc(Br)c1. The minimum absolute atomic E-state index is 0.0156. The average molecular weight is 313 g/mol. The zero-order valence-corrected chi connectivity index (χ0v) is 12.0. The summed E-state index contributed by atoms with van der Waals surface area (Å²) in [6.45, 7) is 4.15. The van der Waals surface area contributed by atoms with Crippen molar-refractivity contribution in [3.05, 3.63) is 28.5 Å². The van der Waals surface area contributed by atoms with Crippen LogP contribution < -0.4 is 0 Å². The predicted molar refractivity (Wildman–Crippen MR) is 72.5 cm³/mol. The van der Waals surface area contributed by atoms with Crippen molar-refractivity contribution >= 4 is 21.8 Å². The molecule has 2 heterocycles. The molecule has 1 aromatic heterocycles. The quantitative estimate of drug-likeness (QED) is 0.858. The van der Waals surface area contributed by atoms with Crippen molar-refractivity contribution in [2.24, 2.45) is 0 Å². The highest BCUT2D eigenvalue weighted by molar-refractivity contribution is 9.10. The fourth-order valence-electron chi connectivity index (χ4n) is 2.10. The fraction of sp³-hybridized carbons (Fsp3) is 0.538. The van der Waals surface area contributed by atoms with Crippen LogP contribution in [0, 0.1) is 0 Å². The maximum absolute atomic E-state index is 12.3. The highest BCUT2D eigenvalue weighted by atomic mass is 79.9. The number of amides is 1. The summed E-state index contributed by atoms with van der Waals surface area (Å²) < 4.78 is 6.40. The van der Waals surface area contributed by atoms with Crippen LogP contribution in [0.2, 0.25) is 0 Å². The van der Waals surface area contributed by atoms with Crippen molar-refractivity contribution < 1.29 is 9.53 Å². The van der Waals surface area contributed by atoms with Crippen LogP contribution in [0.1, 0.15) is 30.1 Å². The first kappa shape index (κ1) is 13.5. The van der Waals surface area contributed by atoms with Crippen LogP contribution >= 0.6 is 15.9 Å². The average Bonchev–Trinajstić information content (AvgIpc) is 2.88. The molecule has 0 radical (unpaired) electrons. The Bertz CT molecular complexity index is 419. The number of ether oxygens (including phenoxy) is 1. The largest absolute Gasteiger partial charge is 0.376 e. The number of rotatable bonds is 4. The summed E-state index contributed by atoms with van der Waals surface area (Å²) in [6, 6.07) is 1.80. The van der Waals surface area contributed by atoms with Gasteiger partial charge in [-0.1, -0.05) is 0 Å². The predicted octanol–water partition coefficient (Wildman–Crippen LogP) is 2.49. The van der Waals surface area contributed by atoms with Gasteiger partial charge in [-0.05, 0) is 41.8 Å². The van der Waals surface area contributed by atoms with Gasteiger partial charge in [0.2, 0.25) is 0 Å². The third-order valence-corrected chi connectivity index (χ3v) is 3.50. The first-order valence-corrected chi connectivity index (χ1v) is 7.01. The molecule has 2 rings (SSSR count). The first-order chi connectivity index (χ1) is 8.70. The summed E-state index contributed by atoms with van der Waals surface area (Å²) in [6.07, 6.45) is 5.60. The molecule has 1 aliphatic rings. The van der Waals surface area contributed by atoms with Crippen molar-refractivity contribution in [1.82, 2.24) is 9.88 Å². The lowest BCUT2D eigenvalue weighted by Crippen LogP contribution is -2.37. The summed E-state index contributed by atoms with van der Waals surface area (Å²) in [4.78, 5) is 18.2. The normalized spacial score (nSPS) is 18.9. The number of aromatic nitrogens is 1. The van der Waals surface area contributed by atoms with E-state index in [1.165, 1.54) is 0 Å². The molecule has 98 valence electrons. The lowest BCUT2D eigenvalue weighted by Gasteiger charge is -2.24. The molecule has 0 aliphatic carbocycles. The maximum atomic E-state index is 12.3. The van der Waals surface area contributed by atoms with E-state index in [1.807, 2.05) is 11.8 Å². The van der Waals surface area contributed by atoms with Crippen molar-refractivity contribution in [2.45, 2.75) is 25.9 Å². The number of carbonyl (C=O) groups is 1. The molecule has 18 heavy (non-hydrogen) atoms. The Morgan fingerprint density at radius 1 is 1.61 bits per heavy atom. The number of nitrogens with zero attached hydrogens (tertiary/aromatic N) is 2. The van der Waals surface area contributed by atoms with Crippen molar-refractivity contribution in [2.75, 3.05) is 19.7 Å². The van der Waals surface area contributed by atoms with E-state index in [4.69, 9.17) is 4.74 Å². The molecule has 1 atom stereocenters. The molecule has 0 spiro atoms. The van der Waals surface area contributed by atoms with E-state index in [0.717, 1.165) is 23.9 Å². The standard InChI is InChI=1S/C13H17BrN2O2/c1-2-16(9-12-4-3-5-18-12)13(17)10-6-11(14)8-15-7-10/h6-8,12H,2-5,9H2,1H3. The third-order valence-electron chi connectivity index (χ3n) is 3.07. The van der Waals surface area contributed by atoms with Crippen LogP contribution in [0.15, 0.2) is 22.9 Å². The topological polar surface area (TPSA) is 42.4 Å². The second-order valence-electron chi connectivity index (χ2n) is 4.37. The molecule has 0 N–H and O–H groups in total. The van der Waals surface area contributed by atoms with Crippen LogP contribution in [-0.2, 0) is 4.74 Å². The van der Waals surface area contributed by atoms with E-state index in [2.05, 4.69) is 20.9 Å². The Hall–Kier alpha value is -0.940. The number of halogens is 1. The molecule has 1 aliphatic heterocycles. The summed E-state index contributed by atoms with van der Waals surface area (Å²) in [7, 11) is 0. The molecule has 5 heteroatoms. The number of pyridine rings is 1. The second-order valence-corrected chi connectivity index (χ2v) is 5.29. The van der Waals surface area contributed by atoms with E-state index in [0.29, 0.717) is 18.7 Å². The van der Waals surface area contributed by atoms with Gasteiger partial charge in [0.1, 0.15) is 0 Å². The number of carbonyl (C=O) groups excluding carboxylic acids is 1. The number of likely N-dealkylation sites (N-methyl/N-ethyl adjacent to an activating group) is 1. The van der Waals surface area contributed by atoms with E-state index < -0.39 is 0 Å². The molecule has 0 aromatic carbocycles. The van der Waals surface area contributed by atoms with Gasteiger partial charge in [0.05, 0.1) is 11.7 Å². The third kappa shape index (κ3) is 3.29. The Morgan fingerprint density at radius 2 is 2.44 bits per heavy atom. The van der Waals surface area contributed by atoms with Gasteiger partial charge >= 0.3 is 0 Å². The van der Waals surface area contributed by atoms with E-state index in [1.54, 1.807) is 18.5 Å². The Morgan fingerprint density at radius 3 is 3.06 bits per heavy atom. The number of hydrogen-bond donors (Lipinski definition) is 0. The van der Waals surface area contributed by atoms with Gasteiger partial charge in [-0.2, -0.15) is 0 Å². The van der Waals surface area contributed by atoms with Crippen molar-refractivity contribution in [3.8, 4) is 0 Å². The van der Waals surface area contributed by atoms with Crippen LogP contribution in [-0.4, -0.2) is 41.6 Å². The summed E-state index contributed by atoms with van der Waals surface area (Å²) in [5, 5.41) is 0. The summed E-state index contributed by atoms with van der Waals surface area (Å²) in [5.74, 6) is 0.0156. The lowest BCUT2D eigenvalue weighted by molar-refractivity contribution is 0.0539. The minimum Gasteiger partial charge on any atom is -0.376 e. The van der Waals surface area contributed by atoms with Gasteiger partial charge in [0.15, 0.2) is 0 Å². The molecule has 1 amide bonds. The molecule has 4 nitrogen and oxygen atoms in total. The number of hydrogen-bond acceptors (Lipinski definition) is 3. The Kier molecular flexibility index (Phi) is 4.72. The fourth-order valence-corrected chi connectivity index (χ4v) is 2.47. The highest BCUT2D eigenvalue weighted by Gasteiger charge is 2.22. The van der Waals surface area contributed by atoms with Gasteiger partial charge < -0.3 is 9.64 Å². The zero-order chi connectivity index (χ0) is 13.0. The highest BCUT2D eigenvalue weighted by Crippen LogP contribution is 2.16. The van der Waals surface area contributed by atoms with Crippen LogP contribution in [0.4, 0.5) is 0 Å². The molecule has 1 saturated heterocycles. The van der Waals surface area contributed by atoms with Crippen LogP contribution in [0.3, 0.4) is 0 Å². The van der Waals surface area contributed by atoms with Crippen LogP contribution in [0.25, 0.3) is 0 Å². The van der Waals surface area contributed by atoms with Gasteiger partial charge in [-0.3, -0.25) is 9.78 Å². The molecule has 1 fully saturated rings. The Labute approximate surface area is 115 Å².